The maximum Gasteiger partial charge on any atom is 0.321 e. The molecule has 0 aliphatic carbocycles. The van der Waals surface area contributed by atoms with Gasteiger partial charge in [0.2, 0.25) is 5.28 Å². The molecule has 0 aromatic carbocycles. The Hall–Kier alpha value is -0.900. The number of nitrogens with zero attached hydrogens (tertiary/aromatic N) is 3. The summed E-state index contributed by atoms with van der Waals surface area (Å²) in [5.41, 5.74) is 0. The van der Waals surface area contributed by atoms with E-state index in [2.05, 4.69) is 15.0 Å². The minimum atomic E-state index is 0.0443. The molecule has 1 heterocycles. The van der Waals surface area contributed by atoms with Crippen LogP contribution in [0.25, 0.3) is 0 Å². The molecule has 0 atom stereocenters. The number of ether oxygens (including phenoxy) is 1. The van der Waals surface area contributed by atoms with Gasteiger partial charge in [-0.2, -0.15) is 9.97 Å². The van der Waals surface area contributed by atoms with E-state index in [4.69, 9.17) is 16.3 Å². The van der Waals surface area contributed by atoms with Crippen molar-refractivity contribution in [1.29, 1.82) is 0 Å². The first-order valence-electron chi connectivity index (χ1n) is 3.63. The molecule has 0 aliphatic heterocycles. The molecule has 0 saturated heterocycles. The molecule has 0 N–H and O–H groups in total. The quantitative estimate of drug-likeness (QED) is 0.706. The highest BCUT2D eigenvalue weighted by Gasteiger charge is 2.03. The summed E-state index contributed by atoms with van der Waals surface area (Å²) >= 11 is 5.59. The van der Waals surface area contributed by atoms with Crippen molar-refractivity contribution < 1.29 is 4.74 Å². The Balaban J connectivity index is 2.85. The Kier molecular flexibility index (Phi) is 2.81. The van der Waals surface area contributed by atoms with Gasteiger partial charge in [0.05, 0.1) is 6.10 Å². The van der Waals surface area contributed by atoms with Crippen LogP contribution in [0.2, 0.25) is 5.28 Å². The SMILES string of the molecule is Cc1nc(Cl)nc(OC(C)C)n1. The minimum absolute atomic E-state index is 0.0443. The molecule has 0 spiro atoms. The average Bonchev–Trinajstić information content (AvgIpc) is 1.81. The molecule has 0 bridgehead atoms. The van der Waals surface area contributed by atoms with Crippen molar-refractivity contribution in [3.05, 3.63) is 11.1 Å². The minimum Gasteiger partial charge on any atom is -0.461 e. The fraction of sp³-hybridized carbons (Fsp3) is 0.571. The van der Waals surface area contributed by atoms with Gasteiger partial charge in [-0.05, 0) is 32.4 Å². The molecule has 0 fully saturated rings. The summed E-state index contributed by atoms with van der Waals surface area (Å²) in [4.78, 5) is 11.5. The Morgan fingerprint density at radius 3 is 2.42 bits per heavy atom. The topological polar surface area (TPSA) is 47.9 Å². The smallest absolute Gasteiger partial charge is 0.321 e. The lowest BCUT2D eigenvalue weighted by Crippen LogP contribution is -2.09. The molecule has 1 rings (SSSR count). The predicted molar refractivity (Wildman–Crippen MR) is 45.3 cm³/mol. The van der Waals surface area contributed by atoms with E-state index in [0.717, 1.165) is 0 Å². The van der Waals surface area contributed by atoms with Crippen LogP contribution in [0.4, 0.5) is 0 Å². The Bertz CT molecular complexity index is 257. The highest BCUT2D eigenvalue weighted by molar-refractivity contribution is 6.28. The summed E-state index contributed by atoms with van der Waals surface area (Å²) in [5.74, 6) is 0.561. The van der Waals surface area contributed by atoms with E-state index in [0.29, 0.717) is 5.82 Å². The van der Waals surface area contributed by atoms with Gasteiger partial charge >= 0.3 is 6.01 Å². The van der Waals surface area contributed by atoms with E-state index < -0.39 is 0 Å². The number of halogens is 1. The van der Waals surface area contributed by atoms with Gasteiger partial charge in [-0.25, -0.2) is 4.98 Å². The van der Waals surface area contributed by atoms with Crippen molar-refractivity contribution in [2.24, 2.45) is 0 Å². The summed E-state index contributed by atoms with van der Waals surface area (Å²) in [6.07, 6.45) is 0.0443. The number of hydrogen-bond acceptors (Lipinski definition) is 4. The van der Waals surface area contributed by atoms with Crippen molar-refractivity contribution in [3.8, 4) is 6.01 Å². The third-order valence-corrected chi connectivity index (χ3v) is 1.21. The van der Waals surface area contributed by atoms with Crippen LogP contribution in [-0.2, 0) is 0 Å². The van der Waals surface area contributed by atoms with Gasteiger partial charge < -0.3 is 4.74 Å². The fourth-order valence-electron chi connectivity index (χ4n) is 0.689. The summed E-state index contributed by atoms with van der Waals surface area (Å²) in [6.45, 7) is 5.53. The van der Waals surface area contributed by atoms with Gasteiger partial charge in [-0.15, -0.1) is 0 Å². The first kappa shape index (κ1) is 9.19. The van der Waals surface area contributed by atoms with Crippen LogP contribution in [0.5, 0.6) is 6.01 Å². The summed E-state index contributed by atoms with van der Waals surface area (Å²) in [7, 11) is 0. The van der Waals surface area contributed by atoms with Gasteiger partial charge in [0, 0.05) is 0 Å². The Labute approximate surface area is 76.0 Å². The molecule has 4 nitrogen and oxygen atoms in total. The number of hydrogen-bond donors (Lipinski definition) is 0. The van der Waals surface area contributed by atoms with E-state index in [-0.39, 0.29) is 17.4 Å². The lowest BCUT2D eigenvalue weighted by molar-refractivity contribution is 0.221. The molecule has 0 unspecified atom stereocenters. The van der Waals surface area contributed by atoms with Crippen LogP contribution < -0.4 is 4.74 Å². The first-order chi connectivity index (χ1) is 5.58. The Morgan fingerprint density at radius 2 is 1.92 bits per heavy atom. The molecule has 0 saturated carbocycles. The highest BCUT2D eigenvalue weighted by Crippen LogP contribution is 2.08. The van der Waals surface area contributed by atoms with Crippen LogP contribution >= 0.6 is 11.6 Å². The zero-order valence-electron chi connectivity index (χ0n) is 7.21. The molecule has 1 aromatic rings. The average molecular weight is 188 g/mol. The first-order valence-corrected chi connectivity index (χ1v) is 4.00. The summed E-state index contributed by atoms with van der Waals surface area (Å²) < 4.78 is 5.23. The van der Waals surface area contributed by atoms with Crippen molar-refractivity contribution in [3.63, 3.8) is 0 Å². The van der Waals surface area contributed by atoms with Crippen LogP contribution in [0.3, 0.4) is 0 Å². The van der Waals surface area contributed by atoms with E-state index in [9.17, 15) is 0 Å². The monoisotopic (exact) mass is 187 g/mol. The van der Waals surface area contributed by atoms with Crippen LogP contribution in [0.15, 0.2) is 0 Å². The van der Waals surface area contributed by atoms with Crippen molar-refractivity contribution in [2.45, 2.75) is 26.9 Å². The molecular formula is C7H10ClN3O. The third-order valence-electron chi connectivity index (χ3n) is 1.04. The zero-order valence-corrected chi connectivity index (χ0v) is 7.96. The van der Waals surface area contributed by atoms with Crippen LogP contribution in [0.1, 0.15) is 19.7 Å². The molecule has 12 heavy (non-hydrogen) atoms. The third kappa shape index (κ3) is 2.62. The molecule has 0 radical (unpaired) electrons. The maximum atomic E-state index is 5.59. The summed E-state index contributed by atoms with van der Waals surface area (Å²) in [5, 5.41) is 0.165. The van der Waals surface area contributed by atoms with Gasteiger partial charge in [-0.1, -0.05) is 0 Å². The number of aromatic nitrogens is 3. The summed E-state index contributed by atoms with van der Waals surface area (Å²) in [6, 6.07) is 0.280. The van der Waals surface area contributed by atoms with Crippen LogP contribution in [0, 0.1) is 6.92 Å². The second-order valence-electron chi connectivity index (χ2n) is 2.60. The van der Waals surface area contributed by atoms with E-state index >= 15 is 0 Å². The zero-order chi connectivity index (χ0) is 9.14. The second-order valence-corrected chi connectivity index (χ2v) is 2.94. The van der Waals surface area contributed by atoms with Gasteiger partial charge in [0.1, 0.15) is 5.82 Å². The lowest BCUT2D eigenvalue weighted by atomic mass is 10.5. The largest absolute Gasteiger partial charge is 0.461 e. The molecule has 0 amide bonds. The lowest BCUT2D eigenvalue weighted by Gasteiger charge is -2.06. The van der Waals surface area contributed by atoms with Gasteiger partial charge in [0.25, 0.3) is 0 Å². The number of aryl methyl sites for hydroxylation is 1. The van der Waals surface area contributed by atoms with Gasteiger partial charge in [-0.3, -0.25) is 0 Å². The van der Waals surface area contributed by atoms with E-state index in [1.165, 1.54) is 0 Å². The normalized spacial score (nSPS) is 10.4. The predicted octanol–water partition coefficient (Wildman–Crippen LogP) is 1.62. The van der Waals surface area contributed by atoms with Crippen molar-refractivity contribution >= 4 is 11.6 Å². The van der Waals surface area contributed by atoms with Gasteiger partial charge in [0.15, 0.2) is 0 Å². The van der Waals surface area contributed by atoms with E-state index in [1.807, 2.05) is 13.8 Å². The molecule has 66 valence electrons. The van der Waals surface area contributed by atoms with Crippen LogP contribution in [-0.4, -0.2) is 21.1 Å². The second kappa shape index (κ2) is 3.67. The molecule has 1 aromatic heterocycles. The molecule has 5 heteroatoms. The fourth-order valence-corrected chi connectivity index (χ4v) is 0.884. The number of rotatable bonds is 2. The molecular weight excluding hydrogens is 178 g/mol. The maximum absolute atomic E-state index is 5.59. The van der Waals surface area contributed by atoms with Crippen molar-refractivity contribution in [2.75, 3.05) is 0 Å². The standard InChI is InChI=1S/C7H10ClN3O/c1-4(2)12-7-10-5(3)9-6(8)11-7/h4H,1-3H3. The van der Waals surface area contributed by atoms with Crippen molar-refractivity contribution in [1.82, 2.24) is 15.0 Å². The Morgan fingerprint density at radius 1 is 1.25 bits per heavy atom. The molecule has 0 aliphatic rings. The van der Waals surface area contributed by atoms with E-state index in [1.54, 1.807) is 6.92 Å². The highest BCUT2D eigenvalue weighted by atomic mass is 35.5.